The zero-order valence-electron chi connectivity index (χ0n) is 9.57. The molecule has 0 saturated carbocycles. The lowest BCUT2D eigenvalue weighted by molar-refractivity contribution is -0.127. The summed E-state index contributed by atoms with van der Waals surface area (Å²) >= 11 is 0. The normalized spacial score (nSPS) is 38.9. The zero-order chi connectivity index (χ0) is 11.6. The number of hydrogen-bond donors (Lipinski definition) is 2. The summed E-state index contributed by atoms with van der Waals surface area (Å²) in [6.07, 6.45) is 1.33. The molecular formula is C11H19NO4. The van der Waals surface area contributed by atoms with Crippen molar-refractivity contribution in [1.82, 2.24) is 5.32 Å². The lowest BCUT2D eigenvalue weighted by Gasteiger charge is -2.22. The van der Waals surface area contributed by atoms with Gasteiger partial charge in [-0.1, -0.05) is 0 Å². The van der Waals surface area contributed by atoms with E-state index in [-0.39, 0.29) is 24.5 Å². The molecular weight excluding hydrogens is 210 g/mol. The summed E-state index contributed by atoms with van der Waals surface area (Å²) in [6, 6.07) is 0. The smallest absolute Gasteiger partial charge is 0.225 e. The molecule has 0 aromatic heterocycles. The van der Waals surface area contributed by atoms with Crippen LogP contribution in [-0.4, -0.2) is 49.1 Å². The van der Waals surface area contributed by atoms with Crippen LogP contribution in [0.3, 0.4) is 0 Å². The van der Waals surface area contributed by atoms with E-state index in [0.29, 0.717) is 26.2 Å². The van der Waals surface area contributed by atoms with Crippen molar-refractivity contribution in [3.8, 4) is 0 Å². The van der Waals surface area contributed by atoms with Crippen LogP contribution in [0.25, 0.3) is 0 Å². The van der Waals surface area contributed by atoms with Gasteiger partial charge >= 0.3 is 0 Å². The first kappa shape index (κ1) is 11.8. The molecule has 2 aliphatic heterocycles. The Morgan fingerprint density at radius 1 is 1.56 bits per heavy atom. The van der Waals surface area contributed by atoms with Crippen molar-refractivity contribution in [2.45, 2.75) is 31.5 Å². The highest BCUT2D eigenvalue weighted by Gasteiger charge is 2.35. The lowest BCUT2D eigenvalue weighted by Crippen LogP contribution is -2.46. The summed E-state index contributed by atoms with van der Waals surface area (Å²) in [5.41, 5.74) is -0.877. The first-order valence-corrected chi connectivity index (χ1v) is 5.80. The molecule has 92 valence electrons. The van der Waals surface area contributed by atoms with Crippen LogP contribution >= 0.6 is 0 Å². The number of amides is 1. The molecule has 2 rings (SSSR count). The Bertz CT molecular complexity index is 263. The summed E-state index contributed by atoms with van der Waals surface area (Å²) in [4.78, 5) is 11.8. The molecule has 0 aliphatic carbocycles. The van der Waals surface area contributed by atoms with Crippen molar-refractivity contribution in [1.29, 1.82) is 0 Å². The van der Waals surface area contributed by atoms with Gasteiger partial charge in [-0.3, -0.25) is 4.79 Å². The molecule has 0 radical (unpaired) electrons. The quantitative estimate of drug-likeness (QED) is 0.696. The van der Waals surface area contributed by atoms with Gasteiger partial charge < -0.3 is 19.9 Å². The molecule has 0 bridgehead atoms. The maximum atomic E-state index is 11.8. The third-order valence-electron chi connectivity index (χ3n) is 3.39. The predicted octanol–water partition coefficient (Wildman–Crippen LogP) is -0.321. The van der Waals surface area contributed by atoms with Gasteiger partial charge in [0.05, 0.1) is 18.6 Å². The van der Waals surface area contributed by atoms with Crippen LogP contribution in [0, 0.1) is 5.92 Å². The van der Waals surface area contributed by atoms with Gasteiger partial charge in [-0.25, -0.2) is 0 Å². The Morgan fingerprint density at radius 2 is 2.38 bits per heavy atom. The number of ether oxygens (including phenoxy) is 2. The Kier molecular flexibility index (Phi) is 3.47. The molecule has 2 aliphatic rings. The van der Waals surface area contributed by atoms with E-state index in [1.807, 2.05) is 6.92 Å². The number of hydrogen-bond acceptors (Lipinski definition) is 4. The largest absolute Gasteiger partial charge is 0.386 e. The second-order valence-corrected chi connectivity index (χ2v) is 4.72. The van der Waals surface area contributed by atoms with Crippen LogP contribution < -0.4 is 5.32 Å². The lowest BCUT2D eigenvalue weighted by atomic mass is 10.00. The van der Waals surface area contributed by atoms with E-state index in [1.165, 1.54) is 0 Å². The number of carbonyl (C=O) groups is 1. The first-order valence-electron chi connectivity index (χ1n) is 5.80. The molecule has 3 unspecified atom stereocenters. The van der Waals surface area contributed by atoms with E-state index < -0.39 is 5.60 Å². The molecule has 2 fully saturated rings. The second-order valence-electron chi connectivity index (χ2n) is 4.72. The molecule has 1 amide bonds. The summed E-state index contributed by atoms with van der Waals surface area (Å²) in [6.45, 7) is 3.70. The number of carbonyl (C=O) groups excluding carboxylic acids is 1. The highest BCUT2D eigenvalue weighted by molar-refractivity contribution is 5.79. The van der Waals surface area contributed by atoms with E-state index in [4.69, 9.17) is 9.47 Å². The van der Waals surface area contributed by atoms with Crippen LogP contribution in [0.2, 0.25) is 0 Å². The molecule has 2 saturated heterocycles. The number of rotatable bonds is 3. The molecule has 2 N–H and O–H groups in total. The molecule has 0 aromatic carbocycles. The Hall–Kier alpha value is -0.650. The molecule has 0 aromatic rings. The number of aliphatic hydroxyl groups is 1. The highest BCUT2D eigenvalue weighted by atomic mass is 16.5. The predicted molar refractivity (Wildman–Crippen MR) is 56.9 cm³/mol. The summed E-state index contributed by atoms with van der Waals surface area (Å²) in [5, 5.41) is 12.8. The van der Waals surface area contributed by atoms with Gasteiger partial charge in [-0.15, -0.1) is 0 Å². The molecule has 16 heavy (non-hydrogen) atoms. The Balaban J connectivity index is 1.79. The van der Waals surface area contributed by atoms with Crippen molar-refractivity contribution in [3.05, 3.63) is 0 Å². The third kappa shape index (κ3) is 2.53. The minimum absolute atomic E-state index is 0.0190. The minimum Gasteiger partial charge on any atom is -0.386 e. The Labute approximate surface area is 95.1 Å². The average Bonchev–Trinajstić information content (AvgIpc) is 2.85. The fraction of sp³-hybridized carbons (Fsp3) is 0.909. The SMILES string of the molecule is CC1OCCC1C(=O)NCC1(O)CCOC1. The summed E-state index contributed by atoms with van der Waals surface area (Å²) in [7, 11) is 0. The fourth-order valence-electron chi connectivity index (χ4n) is 2.19. The summed E-state index contributed by atoms with van der Waals surface area (Å²) in [5.74, 6) is -0.101. The van der Waals surface area contributed by atoms with E-state index in [2.05, 4.69) is 5.32 Å². The van der Waals surface area contributed by atoms with Gasteiger partial charge in [0.1, 0.15) is 5.60 Å². The van der Waals surface area contributed by atoms with Crippen molar-refractivity contribution < 1.29 is 19.4 Å². The molecule has 3 atom stereocenters. The van der Waals surface area contributed by atoms with Gasteiger partial charge in [0.25, 0.3) is 0 Å². The highest BCUT2D eigenvalue weighted by Crippen LogP contribution is 2.21. The van der Waals surface area contributed by atoms with Gasteiger partial charge in [-0.2, -0.15) is 0 Å². The average molecular weight is 229 g/mol. The van der Waals surface area contributed by atoms with Crippen molar-refractivity contribution in [2.75, 3.05) is 26.4 Å². The standard InChI is InChI=1S/C11H19NO4/c1-8-9(2-4-16-8)10(13)12-6-11(14)3-5-15-7-11/h8-9,14H,2-7H2,1H3,(H,12,13). The molecule has 2 heterocycles. The maximum Gasteiger partial charge on any atom is 0.225 e. The van der Waals surface area contributed by atoms with E-state index >= 15 is 0 Å². The number of nitrogens with one attached hydrogen (secondary N) is 1. The van der Waals surface area contributed by atoms with Gasteiger partial charge in [-0.05, 0) is 13.3 Å². The van der Waals surface area contributed by atoms with Crippen molar-refractivity contribution >= 4 is 5.91 Å². The van der Waals surface area contributed by atoms with E-state index in [1.54, 1.807) is 0 Å². The van der Waals surface area contributed by atoms with Gasteiger partial charge in [0.15, 0.2) is 0 Å². The van der Waals surface area contributed by atoms with Crippen LogP contribution in [0.4, 0.5) is 0 Å². The van der Waals surface area contributed by atoms with Gasteiger partial charge in [0.2, 0.25) is 5.91 Å². The van der Waals surface area contributed by atoms with Crippen LogP contribution in [0.1, 0.15) is 19.8 Å². The Morgan fingerprint density at radius 3 is 2.94 bits per heavy atom. The summed E-state index contributed by atoms with van der Waals surface area (Å²) < 4.78 is 10.4. The minimum atomic E-state index is -0.877. The van der Waals surface area contributed by atoms with Gasteiger partial charge in [0, 0.05) is 26.2 Å². The molecule has 5 nitrogen and oxygen atoms in total. The van der Waals surface area contributed by atoms with Crippen LogP contribution in [0.5, 0.6) is 0 Å². The fourth-order valence-corrected chi connectivity index (χ4v) is 2.19. The maximum absolute atomic E-state index is 11.8. The van der Waals surface area contributed by atoms with Crippen LogP contribution in [-0.2, 0) is 14.3 Å². The molecule has 0 spiro atoms. The second kappa shape index (κ2) is 4.69. The third-order valence-corrected chi connectivity index (χ3v) is 3.39. The van der Waals surface area contributed by atoms with Crippen LogP contribution in [0.15, 0.2) is 0 Å². The van der Waals surface area contributed by atoms with E-state index in [9.17, 15) is 9.90 Å². The molecule has 5 heteroatoms. The topological polar surface area (TPSA) is 67.8 Å². The van der Waals surface area contributed by atoms with Crippen molar-refractivity contribution in [3.63, 3.8) is 0 Å². The monoisotopic (exact) mass is 229 g/mol. The zero-order valence-corrected chi connectivity index (χ0v) is 9.57. The van der Waals surface area contributed by atoms with Crippen molar-refractivity contribution in [2.24, 2.45) is 5.92 Å². The van der Waals surface area contributed by atoms with E-state index in [0.717, 1.165) is 6.42 Å². The first-order chi connectivity index (χ1) is 7.61.